The molecular weight excluding hydrogens is 372 g/mol. The average molecular weight is 411 g/mol. The van der Waals surface area contributed by atoms with Gasteiger partial charge in [-0.25, -0.2) is 9.59 Å². The van der Waals surface area contributed by atoms with Crippen molar-refractivity contribution in [2.75, 3.05) is 33.0 Å². The van der Waals surface area contributed by atoms with E-state index in [1.165, 1.54) is 13.8 Å². The molecule has 0 spiro atoms. The van der Waals surface area contributed by atoms with Crippen LogP contribution in [-0.4, -0.2) is 80.7 Å². The molecule has 7 N–H and O–H groups in total. The molecule has 0 atom stereocenters. The van der Waals surface area contributed by atoms with Crippen molar-refractivity contribution in [3.8, 4) is 0 Å². The van der Waals surface area contributed by atoms with Gasteiger partial charge >= 0.3 is 11.9 Å². The van der Waals surface area contributed by atoms with Crippen molar-refractivity contribution < 1.29 is 45.3 Å². The van der Waals surface area contributed by atoms with Crippen LogP contribution in [0.15, 0.2) is 24.3 Å². The molecule has 0 aromatic heterocycles. The summed E-state index contributed by atoms with van der Waals surface area (Å²) < 4.78 is 0. The van der Waals surface area contributed by atoms with Gasteiger partial charge in [0.25, 0.3) is 0 Å². The van der Waals surface area contributed by atoms with Crippen LogP contribution in [-0.2, 0) is 9.59 Å². The van der Waals surface area contributed by atoms with E-state index >= 15 is 0 Å². The van der Waals surface area contributed by atoms with Crippen molar-refractivity contribution >= 4 is 11.9 Å². The van der Waals surface area contributed by atoms with Crippen molar-refractivity contribution in [1.29, 1.82) is 0 Å². The number of aliphatic hydroxyl groups is 5. The minimum Gasteiger partial charge on any atom is -0.478 e. The first-order chi connectivity index (χ1) is 12.6. The summed E-state index contributed by atoms with van der Waals surface area (Å²) in [5.41, 5.74) is -0.620. The molecule has 0 rings (SSSR count). The largest absolute Gasteiger partial charge is 0.478 e. The van der Waals surface area contributed by atoms with Crippen LogP contribution >= 0.6 is 0 Å². The Morgan fingerprint density at radius 3 is 0.929 bits per heavy atom. The smallest absolute Gasteiger partial charge is 0.330 e. The Morgan fingerprint density at radius 1 is 0.714 bits per heavy atom. The summed E-state index contributed by atoms with van der Waals surface area (Å²) in [6.07, 6.45) is 0.594. The summed E-state index contributed by atoms with van der Waals surface area (Å²) in [6, 6.07) is 0. The van der Waals surface area contributed by atoms with Crippen LogP contribution < -0.4 is 0 Å². The second-order valence-corrected chi connectivity index (χ2v) is 6.98. The Hall–Kier alpha value is -1.78. The molecule has 0 aromatic carbocycles. The first-order valence-corrected chi connectivity index (χ1v) is 8.47. The van der Waals surface area contributed by atoms with Crippen molar-refractivity contribution in [3.05, 3.63) is 24.3 Å². The number of aliphatic hydroxyl groups excluding tert-OH is 5. The maximum Gasteiger partial charge on any atom is 0.330 e. The van der Waals surface area contributed by atoms with E-state index in [1.807, 2.05) is 6.92 Å². The summed E-state index contributed by atoms with van der Waals surface area (Å²) in [4.78, 5) is 19.2. The molecule has 0 amide bonds. The topological polar surface area (TPSA) is 176 Å². The fraction of sp³-hybridized carbons (Fsp3) is 0.684. The highest BCUT2D eigenvalue weighted by molar-refractivity contribution is 5.85. The van der Waals surface area contributed by atoms with Crippen LogP contribution in [0.4, 0.5) is 0 Å². The Morgan fingerprint density at radius 2 is 0.929 bits per heavy atom. The molecule has 0 saturated heterocycles. The van der Waals surface area contributed by atoms with Crippen LogP contribution in [0.3, 0.4) is 0 Å². The highest BCUT2D eigenvalue weighted by Crippen LogP contribution is 2.18. The third kappa shape index (κ3) is 22.3. The number of carboxylic acid groups (broad SMARTS) is 2. The first kappa shape index (κ1) is 33.8. The molecule has 0 aromatic rings. The maximum atomic E-state index is 9.60. The van der Waals surface area contributed by atoms with Crippen LogP contribution in [0.25, 0.3) is 0 Å². The van der Waals surface area contributed by atoms with Crippen molar-refractivity contribution in [1.82, 2.24) is 0 Å². The van der Waals surface area contributed by atoms with E-state index in [-0.39, 0.29) is 49.6 Å². The second-order valence-electron chi connectivity index (χ2n) is 6.98. The van der Waals surface area contributed by atoms with Crippen LogP contribution in [0.2, 0.25) is 0 Å². The zero-order valence-corrected chi connectivity index (χ0v) is 17.6. The molecule has 168 valence electrons. The zero-order chi connectivity index (χ0) is 23.6. The van der Waals surface area contributed by atoms with Crippen molar-refractivity contribution in [2.24, 2.45) is 10.8 Å². The van der Waals surface area contributed by atoms with E-state index < -0.39 is 17.4 Å². The molecule has 9 heteroatoms. The first-order valence-electron chi connectivity index (χ1n) is 8.47. The second kappa shape index (κ2) is 18.6. The minimum atomic E-state index is -0.935. The van der Waals surface area contributed by atoms with Crippen LogP contribution in [0.1, 0.15) is 41.0 Å². The third-order valence-corrected chi connectivity index (χ3v) is 3.34. The van der Waals surface area contributed by atoms with E-state index in [9.17, 15) is 9.59 Å². The fourth-order valence-corrected chi connectivity index (χ4v) is 0.535. The number of aliphatic carboxylic acids is 2. The van der Waals surface area contributed by atoms with E-state index in [4.69, 9.17) is 35.7 Å². The van der Waals surface area contributed by atoms with Gasteiger partial charge in [-0.05, 0) is 20.3 Å². The van der Waals surface area contributed by atoms with Gasteiger partial charge in [0.05, 0.1) is 33.0 Å². The van der Waals surface area contributed by atoms with E-state index in [1.54, 1.807) is 13.8 Å². The highest BCUT2D eigenvalue weighted by atomic mass is 16.4. The van der Waals surface area contributed by atoms with Crippen molar-refractivity contribution in [2.45, 2.75) is 41.0 Å². The van der Waals surface area contributed by atoms with Gasteiger partial charge in [0.2, 0.25) is 0 Å². The lowest BCUT2D eigenvalue weighted by Crippen LogP contribution is -2.32. The van der Waals surface area contributed by atoms with E-state index in [0.29, 0.717) is 6.42 Å². The lowest BCUT2D eigenvalue weighted by molar-refractivity contribution is -0.133. The van der Waals surface area contributed by atoms with Gasteiger partial charge in [0, 0.05) is 22.0 Å². The van der Waals surface area contributed by atoms with Crippen LogP contribution in [0.5, 0.6) is 0 Å². The summed E-state index contributed by atoms with van der Waals surface area (Å²) in [7, 11) is 0. The number of carboxylic acids is 2. The number of carbonyl (C=O) groups is 2. The normalized spacial score (nSPS) is 10.1. The molecule has 0 radical (unpaired) electrons. The summed E-state index contributed by atoms with van der Waals surface area (Å²) >= 11 is 0. The van der Waals surface area contributed by atoms with Gasteiger partial charge in [-0.15, -0.1) is 0 Å². The SMILES string of the molecule is C=C(C)C(=O)O.C=C(C)C(=O)O.CC(C)(CO)CO.CCC(CO)(CO)CO. The van der Waals surface area contributed by atoms with Gasteiger partial charge in [0.1, 0.15) is 0 Å². The lowest BCUT2D eigenvalue weighted by Gasteiger charge is -2.24. The molecule has 9 nitrogen and oxygen atoms in total. The molecule has 28 heavy (non-hydrogen) atoms. The molecule has 0 unspecified atom stereocenters. The maximum absolute atomic E-state index is 9.60. The monoisotopic (exact) mass is 410 g/mol. The van der Waals surface area contributed by atoms with Gasteiger partial charge < -0.3 is 35.7 Å². The van der Waals surface area contributed by atoms with Crippen LogP contribution in [0, 0.1) is 10.8 Å². The standard InChI is InChI=1S/C6H14O3.C5H12O2.2C4H6O2/c1-2-6(3-7,4-8)5-9;1-5(2,3-6)4-7;2*1-3(2)4(5)6/h7-9H,2-5H2,1H3;6-7H,3-4H2,1-2H3;2*1H2,2H3,(H,5,6). The van der Waals surface area contributed by atoms with Crippen molar-refractivity contribution in [3.63, 3.8) is 0 Å². The molecule has 0 bridgehead atoms. The highest BCUT2D eigenvalue weighted by Gasteiger charge is 2.24. The molecule has 0 aliphatic heterocycles. The summed E-state index contributed by atoms with van der Waals surface area (Å²) in [6.45, 7) is 14.2. The van der Waals surface area contributed by atoms with Gasteiger partial charge in [-0.3, -0.25) is 0 Å². The fourth-order valence-electron chi connectivity index (χ4n) is 0.535. The summed E-state index contributed by atoms with van der Waals surface area (Å²) in [5.74, 6) is -1.87. The lowest BCUT2D eigenvalue weighted by atomic mass is 9.88. The predicted molar refractivity (Wildman–Crippen MR) is 107 cm³/mol. The predicted octanol–water partition coefficient (Wildman–Crippen LogP) is 0.651. The molecule has 0 aliphatic rings. The number of rotatable bonds is 8. The third-order valence-electron chi connectivity index (χ3n) is 3.34. The molecule has 0 aliphatic carbocycles. The Balaban J connectivity index is -0.000000139. The molecular formula is C19H38O9. The molecule has 0 heterocycles. The quantitative estimate of drug-likeness (QED) is 0.283. The Kier molecular flexibility index (Phi) is 22.4. The van der Waals surface area contributed by atoms with Gasteiger partial charge in [0.15, 0.2) is 0 Å². The van der Waals surface area contributed by atoms with Gasteiger partial charge in [-0.2, -0.15) is 0 Å². The Labute approximate surface area is 167 Å². The molecule has 0 fully saturated rings. The minimum absolute atomic E-state index is 0.0451. The molecule has 0 saturated carbocycles. The van der Waals surface area contributed by atoms with E-state index in [0.717, 1.165) is 0 Å². The van der Waals surface area contributed by atoms with Gasteiger partial charge in [-0.1, -0.05) is 33.9 Å². The zero-order valence-electron chi connectivity index (χ0n) is 17.6. The number of hydrogen-bond donors (Lipinski definition) is 7. The Bertz CT molecular complexity index is 381. The summed E-state index contributed by atoms with van der Waals surface area (Å²) in [5, 5.41) is 58.6. The average Bonchev–Trinajstić information content (AvgIpc) is 2.65. The van der Waals surface area contributed by atoms with E-state index in [2.05, 4.69) is 13.2 Å². The number of hydrogen-bond acceptors (Lipinski definition) is 7.